The van der Waals surface area contributed by atoms with Crippen LogP contribution in [0.4, 0.5) is 0 Å². The number of rotatable bonds is 4. The van der Waals surface area contributed by atoms with E-state index >= 15 is 0 Å². The molecule has 0 aliphatic heterocycles. The molecule has 0 N–H and O–H groups in total. The first kappa shape index (κ1) is 15.3. The first-order valence-electron chi connectivity index (χ1n) is 4.82. The SMILES string of the molecule is CCSC(=S)SCC(=O)c1ccc(Cl)c(Cl)c1. The van der Waals surface area contributed by atoms with Gasteiger partial charge in [0.2, 0.25) is 0 Å². The summed E-state index contributed by atoms with van der Waals surface area (Å²) in [7, 11) is 0. The lowest BCUT2D eigenvalue weighted by molar-refractivity contribution is 0.102. The van der Waals surface area contributed by atoms with Crippen LogP contribution in [-0.2, 0) is 0 Å². The van der Waals surface area contributed by atoms with Crippen molar-refractivity contribution in [3.8, 4) is 0 Å². The van der Waals surface area contributed by atoms with Crippen molar-refractivity contribution in [1.29, 1.82) is 0 Å². The summed E-state index contributed by atoms with van der Waals surface area (Å²) in [5, 5.41) is 0.848. The highest BCUT2D eigenvalue weighted by Crippen LogP contribution is 2.24. The first-order valence-corrected chi connectivity index (χ1v) is 7.96. The van der Waals surface area contributed by atoms with Crippen molar-refractivity contribution in [3.05, 3.63) is 33.8 Å². The summed E-state index contributed by atoms with van der Waals surface area (Å²) in [6.45, 7) is 2.03. The molecule has 0 aromatic heterocycles. The van der Waals surface area contributed by atoms with E-state index in [9.17, 15) is 4.79 Å². The Bertz CT molecular complexity index is 435. The molecule has 0 aliphatic rings. The highest BCUT2D eigenvalue weighted by atomic mass is 35.5. The molecule has 1 aromatic rings. The number of ketones is 1. The van der Waals surface area contributed by atoms with E-state index in [0.29, 0.717) is 21.4 Å². The number of thiocarbonyl (C=S) groups is 1. The zero-order valence-corrected chi connectivity index (χ0v) is 13.0. The summed E-state index contributed by atoms with van der Waals surface area (Å²) in [5.74, 6) is 1.27. The van der Waals surface area contributed by atoms with Gasteiger partial charge in [0.25, 0.3) is 0 Å². The highest BCUT2D eigenvalue weighted by molar-refractivity contribution is 8.47. The molecular formula is C11H10Cl2OS3. The van der Waals surface area contributed by atoms with Gasteiger partial charge in [-0.2, -0.15) is 0 Å². The number of hydrogen-bond acceptors (Lipinski definition) is 4. The number of carbonyl (C=O) groups excluding carboxylic acids is 1. The fourth-order valence-electron chi connectivity index (χ4n) is 1.04. The zero-order valence-electron chi connectivity index (χ0n) is 9.04. The molecule has 0 radical (unpaired) electrons. The van der Waals surface area contributed by atoms with Crippen molar-refractivity contribution in [2.45, 2.75) is 6.92 Å². The van der Waals surface area contributed by atoms with Gasteiger partial charge >= 0.3 is 0 Å². The standard InChI is InChI=1S/C11H10Cl2OS3/c1-2-16-11(15)17-6-10(14)7-3-4-8(12)9(13)5-7/h3-5H,2,6H2,1H3. The largest absolute Gasteiger partial charge is 0.293 e. The Morgan fingerprint density at radius 1 is 1.29 bits per heavy atom. The van der Waals surface area contributed by atoms with Crippen molar-refractivity contribution >= 4 is 68.3 Å². The average molecular weight is 325 g/mol. The van der Waals surface area contributed by atoms with Crippen LogP contribution in [0.5, 0.6) is 0 Å². The van der Waals surface area contributed by atoms with Crippen LogP contribution in [0.1, 0.15) is 17.3 Å². The molecule has 0 atom stereocenters. The molecule has 0 saturated heterocycles. The normalized spacial score (nSPS) is 10.3. The number of carbonyl (C=O) groups is 1. The van der Waals surface area contributed by atoms with E-state index in [1.807, 2.05) is 6.92 Å². The molecule has 0 heterocycles. The van der Waals surface area contributed by atoms with Gasteiger partial charge in [-0.3, -0.25) is 4.79 Å². The summed E-state index contributed by atoms with van der Waals surface area (Å²) in [4.78, 5) is 11.8. The van der Waals surface area contributed by atoms with Gasteiger partial charge in [-0.15, -0.1) is 11.8 Å². The second-order valence-corrected chi connectivity index (χ2v) is 7.28. The predicted octanol–water partition coefficient (Wildman–Crippen LogP) is 4.95. The summed E-state index contributed by atoms with van der Waals surface area (Å²) >= 11 is 19.7. The van der Waals surface area contributed by atoms with Crippen molar-refractivity contribution in [2.75, 3.05) is 11.5 Å². The molecule has 6 heteroatoms. The minimum absolute atomic E-state index is 0.00706. The van der Waals surface area contributed by atoms with Crippen LogP contribution in [-0.4, -0.2) is 20.8 Å². The van der Waals surface area contributed by atoms with E-state index in [0.717, 1.165) is 9.28 Å². The van der Waals surface area contributed by atoms with Crippen LogP contribution in [0.3, 0.4) is 0 Å². The minimum Gasteiger partial charge on any atom is -0.293 e. The fourth-order valence-corrected chi connectivity index (χ4v) is 3.38. The van der Waals surface area contributed by atoms with Crippen LogP contribution >= 0.6 is 58.9 Å². The molecule has 1 rings (SSSR count). The van der Waals surface area contributed by atoms with Gasteiger partial charge in [0.1, 0.15) is 3.53 Å². The van der Waals surface area contributed by atoms with Gasteiger partial charge in [-0.05, 0) is 24.0 Å². The third-order valence-corrected chi connectivity index (χ3v) is 5.14. The Balaban J connectivity index is 2.58. The third-order valence-electron chi connectivity index (χ3n) is 1.82. The fraction of sp³-hybridized carbons (Fsp3) is 0.273. The summed E-state index contributed by atoms with van der Waals surface area (Å²) in [5.41, 5.74) is 0.566. The van der Waals surface area contributed by atoms with Gasteiger partial charge < -0.3 is 0 Å². The van der Waals surface area contributed by atoms with Crippen LogP contribution < -0.4 is 0 Å². The van der Waals surface area contributed by atoms with Crippen molar-refractivity contribution in [1.82, 2.24) is 0 Å². The Morgan fingerprint density at radius 3 is 2.59 bits per heavy atom. The van der Waals surface area contributed by atoms with E-state index in [2.05, 4.69) is 0 Å². The molecule has 0 spiro atoms. The Labute approximate surface area is 125 Å². The summed E-state index contributed by atoms with van der Waals surface area (Å²) in [6.07, 6.45) is 0. The topological polar surface area (TPSA) is 17.1 Å². The van der Waals surface area contributed by atoms with Gasteiger partial charge in [0, 0.05) is 5.56 Å². The molecule has 0 bridgehead atoms. The Morgan fingerprint density at radius 2 is 2.00 bits per heavy atom. The maximum Gasteiger partial charge on any atom is 0.173 e. The van der Waals surface area contributed by atoms with E-state index in [4.69, 9.17) is 35.4 Å². The quantitative estimate of drug-likeness (QED) is 0.575. The monoisotopic (exact) mass is 324 g/mol. The van der Waals surface area contributed by atoms with Crippen molar-refractivity contribution < 1.29 is 4.79 Å². The lowest BCUT2D eigenvalue weighted by Crippen LogP contribution is -2.03. The molecule has 0 aliphatic carbocycles. The maximum atomic E-state index is 11.8. The van der Waals surface area contributed by atoms with E-state index in [1.165, 1.54) is 11.8 Å². The lowest BCUT2D eigenvalue weighted by atomic mass is 10.1. The molecular weight excluding hydrogens is 315 g/mol. The van der Waals surface area contributed by atoms with Crippen LogP contribution in [0.2, 0.25) is 10.0 Å². The van der Waals surface area contributed by atoms with Gasteiger partial charge in [-0.25, -0.2) is 0 Å². The molecule has 0 amide bonds. The van der Waals surface area contributed by atoms with Gasteiger partial charge in [0.15, 0.2) is 5.78 Å². The van der Waals surface area contributed by atoms with Gasteiger partial charge in [0.05, 0.1) is 15.8 Å². The molecule has 1 aromatic carbocycles. The highest BCUT2D eigenvalue weighted by Gasteiger charge is 2.09. The molecule has 0 unspecified atom stereocenters. The average Bonchev–Trinajstić information content (AvgIpc) is 2.30. The van der Waals surface area contributed by atoms with Crippen LogP contribution in [0, 0.1) is 0 Å². The van der Waals surface area contributed by atoms with Crippen LogP contribution in [0.25, 0.3) is 0 Å². The summed E-state index contributed by atoms with van der Waals surface area (Å²) in [6, 6.07) is 4.89. The number of thioether (sulfide) groups is 2. The maximum absolute atomic E-state index is 11.8. The Hall–Kier alpha value is 0.260. The lowest BCUT2D eigenvalue weighted by Gasteiger charge is -2.03. The van der Waals surface area contributed by atoms with E-state index in [-0.39, 0.29) is 5.78 Å². The van der Waals surface area contributed by atoms with Crippen LogP contribution in [0.15, 0.2) is 18.2 Å². The molecule has 0 saturated carbocycles. The Kier molecular flexibility index (Phi) is 6.89. The third kappa shape index (κ3) is 5.18. The van der Waals surface area contributed by atoms with Crippen molar-refractivity contribution in [3.63, 3.8) is 0 Å². The molecule has 92 valence electrons. The predicted molar refractivity (Wildman–Crippen MR) is 84.0 cm³/mol. The number of Topliss-reactive ketones (excluding diaryl/α,β-unsaturated/α-hetero) is 1. The molecule has 17 heavy (non-hydrogen) atoms. The van der Waals surface area contributed by atoms with E-state index in [1.54, 1.807) is 30.0 Å². The zero-order chi connectivity index (χ0) is 12.8. The first-order chi connectivity index (χ1) is 8.04. The second-order valence-electron chi connectivity index (χ2n) is 3.02. The summed E-state index contributed by atoms with van der Waals surface area (Å²) < 4.78 is 0.793. The van der Waals surface area contributed by atoms with Gasteiger partial charge in [-0.1, -0.05) is 54.1 Å². The second kappa shape index (κ2) is 7.64. The van der Waals surface area contributed by atoms with E-state index < -0.39 is 0 Å². The molecule has 1 nitrogen and oxygen atoms in total. The number of hydrogen-bond donors (Lipinski definition) is 0. The van der Waals surface area contributed by atoms with Crippen molar-refractivity contribution in [2.24, 2.45) is 0 Å². The number of benzene rings is 1. The minimum atomic E-state index is 0.00706. The smallest absolute Gasteiger partial charge is 0.173 e. The molecule has 0 fully saturated rings. The number of halogens is 2.